The van der Waals surface area contributed by atoms with E-state index in [1.54, 1.807) is 11.3 Å². The van der Waals surface area contributed by atoms with Crippen LogP contribution in [0.3, 0.4) is 0 Å². The van der Waals surface area contributed by atoms with Crippen molar-refractivity contribution >= 4 is 23.1 Å². The fourth-order valence-corrected chi connectivity index (χ4v) is 2.94. The van der Waals surface area contributed by atoms with Crippen molar-refractivity contribution in [2.24, 2.45) is 0 Å². The van der Waals surface area contributed by atoms with Crippen molar-refractivity contribution in [2.45, 2.75) is 6.04 Å². The van der Waals surface area contributed by atoms with Crippen LogP contribution in [0.4, 0.5) is 0 Å². The lowest BCUT2D eigenvalue weighted by molar-refractivity contribution is 0.597. The quantitative estimate of drug-likeness (QED) is 0.719. The molecule has 1 N–H and O–H groups in total. The third-order valence-electron chi connectivity index (χ3n) is 1.87. The van der Waals surface area contributed by atoms with E-state index in [4.69, 9.17) is 0 Å². The molecule has 0 bridgehead atoms. The zero-order chi connectivity index (χ0) is 7.52. The number of nitrogens with one attached hydrogen (secondary N) is 1. The molecule has 1 atom stereocenters. The van der Waals surface area contributed by atoms with Crippen molar-refractivity contribution < 1.29 is 0 Å². The summed E-state index contributed by atoms with van der Waals surface area (Å²) in [6, 6.07) is 2.83. The van der Waals surface area contributed by atoms with Gasteiger partial charge in [0, 0.05) is 24.1 Å². The van der Waals surface area contributed by atoms with Crippen molar-refractivity contribution in [3.05, 3.63) is 22.4 Å². The first-order valence-electron chi connectivity index (χ1n) is 3.80. The van der Waals surface area contributed by atoms with E-state index in [1.807, 2.05) is 11.8 Å². The zero-order valence-corrected chi connectivity index (χ0v) is 7.88. The molecule has 3 heteroatoms. The highest BCUT2D eigenvalue weighted by Gasteiger charge is 2.14. The first-order valence-corrected chi connectivity index (χ1v) is 5.90. The highest BCUT2D eigenvalue weighted by molar-refractivity contribution is 7.99. The van der Waals surface area contributed by atoms with Crippen LogP contribution in [-0.2, 0) is 0 Å². The smallest absolute Gasteiger partial charge is 0.0420 e. The molecule has 2 rings (SSSR count). The molecule has 0 radical (unpaired) electrons. The molecule has 11 heavy (non-hydrogen) atoms. The Kier molecular flexibility index (Phi) is 2.51. The highest BCUT2D eigenvalue weighted by atomic mass is 32.2. The largest absolute Gasteiger partial charge is 0.308 e. The molecule has 1 aliphatic heterocycles. The molecular weight excluding hydrogens is 174 g/mol. The van der Waals surface area contributed by atoms with Gasteiger partial charge in [0.25, 0.3) is 0 Å². The maximum atomic E-state index is 3.51. The summed E-state index contributed by atoms with van der Waals surface area (Å²) in [6.07, 6.45) is 0. The summed E-state index contributed by atoms with van der Waals surface area (Å²) < 4.78 is 0. The Morgan fingerprint density at radius 2 is 2.55 bits per heavy atom. The van der Waals surface area contributed by atoms with Crippen molar-refractivity contribution in [1.29, 1.82) is 0 Å². The molecule has 0 aliphatic carbocycles. The van der Waals surface area contributed by atoms with E-state index in [2.05, 4.69) is 22.1 Å². The van der Waals surface area contributed by atoms with Crippen LogP contribution in [0.1, 0.15) is 11.6 Å². The van der Waals surface area contributed by atoms with Crippen LogP contribution in [-0.4, -0.2) is 18.1 Å². The Morgan fingerprint density at radius 1 is 1.55 bits per heavy atom. The average Bonchev–Trinajstić information content (AvgIpc) is 2.58. The number of thioether (sulfide) groups is 1. The molecule has 1 fully saturated rings. The molecule has 60 valence electrons. The zero-order valence-electron chi connectivity index (χ0n) is 6.25. The van der Waals surface area contributed by atoms with Gasteiger partial charge in [-0.3, -0.25) is 0 Å². The lowest BCUT2D eigenvalue weighted by Crippen LogP contribution is -2.29. The summed E-state index contributed by atoms with van der Waals surface area (Å²) in [7, 11) is 0. The Balaban J connectivity index is 2.04. The van der Waals surface area contributed by atoms with Crippen LogP contribution in [0, 0.1) is 0 Å². The summed E-state index contributed by atoms with van der Waals surface area (Å²) in [6.45, 7) is 1.16. The molecule has 1 nitrogen and oxygen atoms in total. The molecule has 1 aromatic rings. The standard InChI is InChI=1S/C8H11NS2/c1-3-10-5-7(1)8-6-11-4-2-9-8/h1,3,5,8-9H,2,4,6H2. The summed E-state index contributed by atoms with van der Waals surface area (Å²) in [5, 5.41) is 7.90. The lowest BCUT2D eigenvalue weighted by Gasteiger charge is -2.22. The average molecular weight is 185 g/mol. The summed E-state index contributed by atoms with van der Waals surface area (Å²) in [5.74, 6) is 2.50. The van der Waals surface area contributed by atoms with Crippen molar-refractivity contribution in [3.8, 4) is 0 Å². The molecule has 0 saturated carbocycles. The third-order valence-corrected chi connectivity index (χ3v) is 3.63. The topological polar surface area (TPSA) is 12.0 Å². The molecule has 0 amide bonds. The van der Waals surface area contributed by atoms with Crippen molar-refractivity contribution in [3.63, 3.8) is 0 Å². The Hall–Kier alpha value is 0.01000. The number of thiophene rings is 1. The van der Waals surface area contributed by atoms with Crippen LogP contribution in [0.2, 0.25) is 0 Å². The van der Waals surface area contributed by atoms with Gasteiger partial charge in [-0.05, 0) is 22.4 Å². The normalized spacial score (nSPS) is 25.3. The van der Waals surface area contributed by atoms with Gasteiger partial charge < -0.3 is 5.32 Å². The second-order valence-electron chi connectivity index (χ2n) is 2.64. The van der Waals surface area contributed by atoms with Crippen LogP contribution in [0.5, 0.6) is 0 Å². The fourth-order valence-electron chi connectivity index (χ4n) is 1.25. The van der Waals surface area contributed by atoms with Gasteiger partial charge in [-0.2, -0.15) is 23.1 Å². The highest BCUT2D eigenvalue weighted by Crippen LogP contribution is 2.23. The number of rotatable bonds is 1. The van der Waals surface area contributed by atoms with Crippen molar-refractivity contribution in [1.82, 2.24) is 5.32 Å². The van der Waals surface area contributed by atoms with Gasteiger partial charge in [-0.25, -0.2) is 0 Å². The van der Waals surface area contributed by atoms with Gasteiger partial charge in [-0.1, -0.05) is 0 Å². The van der Waals surface area contributed by atoms with Gasteiger partial charge in [-0.15, -0.1) is 0 Å². The Bertz CT molecular complexity index is 202. The van der Waals surface area contributed by atoms with Crippen LogP contribution < -0.4 is 5.32 Å². The predicted molar refractivity (Wildman–Crippen MR) is 52.4 cm³/mol. The minimum Gasteiger partial charge on any atom is -0.308 e. The molecule has 0 aromatic carbocycles. The second kappa shape index (κ2) is 3.61. The predicted octanol–water partition coefficient (Wildman–Crippen LogP) is 2.13. The molecular formula is C8H11NS2. The van der Waals surface area contributed by atoms with E-state index in [9.17, 15) is 0 Å². The van der Waals surface area contributed by atoms with E-state index in [0.717, 1.165) is 6.54 Å². The van der Waals surface area contributed by atoms with Crippen LogP contribution in [0.15, 0.2) is 16.8 Å². The molecule has 1 aromatic heterocycles. The number of hydrogen-bond donors (Lipinski definition) is 1. The van der Waals surface area contributed by atoms with E-state index in [0.29, 0.717) is 6.04 Å². The molecule has 1 aliphatic rings. The minimum atomic E-state index is 0.611. The monoisotopic (exact) mass is 185 g/mol. The summed E-state index contributed by atoms with van der Waals surface area (Å²) in [4.78, 5) is 0. The van der Waals surface area contributed by atoms with Crippen LogP contribution in [0.25, 0.3) is 0 Å². The maximum absolute atomic E-state index is 3.51. The fraction of sp³-hybridized carbons (Fsp3) is 0.500. The molecule has 0 spiro atoms. The molecule has 1 unspecified atom stereocenters. The minimum absolute atomic E-state index is 0.611. The maximum Gasteiger partial charge on any atom is 0.0420 e. The Morgan fingerprint density at radius 3 is 3.18 bits per heavy atom. The Labute approximate surface area is 75.2 Å². The second-order valence-corrected chi connectivity index (χ2v) is 4.57. The van der Waals surface area contributed by atoms with E-state index >= 15 is 0 Å². The van der Waals surface area contributed by atoms with Gasteiger partial charge in [0.15, 0.2) is 0 Å². The summed E-state index contributed by atoms with van der Waals surface area (Å²) in [5.41, 5.74) is 1.46. The lowest BCUT2D eigenvalue weighted by atomic mass is 10.2. The van der Waals surface area contributed by atoms with E-state index in [1.165, 1.54) is 17.1 Å². The SMILES string of the molecule is c1cc(C2CSCCN2)cs1. The third kappa shape index (κ3) is 1.78. The van der Waals surface area contributed by atoms with Gasteiger partial charge in [0.05, 0.1) is 0 Å². The number of hydrogen-bond acceptors (Lipinski definition) is 3. The van der Waals surface area contributed by atoms with Crippen molar-refractivity contribution in [2.75, 3.05) is 18.1 Å². The first-order chi connectivity index (χ1) is 5.47. The van der Waals surface area contributed by atoms with E-state index < -0.39 is 0 Å². The van der Waals surface area contributed by atoms with Gasteiger partial charge >= 0.3 is 0 Å². The van der Waals surface area contributed by atoms with Crippen LogP contribution >= 0.6 is 23.1 Å². The molecule has 1 saturated heterocycles. The van der Waals surface area contributed by atoms with Gasteiger partial charge in [0.1, 0.15) is 0 Å². The molecule has 2 heterocycles. The summed E-state index contributed by atoms with van der Waals surface area (Å²) >= 11 is 3.83. The van der Waals surface area contributed by atoms with Gasteiger partial charge in [0.2, 0.25) is 0 Å². The van der Waals surface area contributed by atoms with E-state index in [-0.39, 0.29) is 0 Å². The first kappa shape index (κ1) is 7.65.